The molecule has 10 heteroatoms. The highest BCUT2D eigenvalue weighted by Crippen LogP contribution is 2.41. The summed E-state index contributed by atoms with van der Waals surface area (Å²) in [4.78, 5) is 26.6. The molecule has 2 fully saturated rings. The molecule has 212 valence electrons. The summed E-state index contributed by atoms with van der Waals surface area (Å²) in [5, 5.41) is 14.5. The maximum absolute atomic E-state index is 12.1. The van der Waals surface area contributed by atoms with Crippen LogP contribution in [0.15, 0.2) is 47.5 Å². The lowest BCUT2D eigenvalue weighted by molar-refractivity contribution is 0.0696. The Morgan fingerprint density at radius 3 is 2.54 bits per heavy atom. The number of nitrogens with zero attached hydrogens (tertiary/aromatic N) is 3. The van der Waals surface area contributed by atoms with Crippen molar-refractivity contribution in [2.75, 3.05) is 19.5 Å². The van der Waals surface area contributed by atoms with Crippen LogP contribution in [0.2, 0.25) is 0 Å². The molecule has 6 rings (SSSR count). The lowest BCUT2D eigenvalue weighted by Gasteiger charge is -2.19. The molecule has 0 unspecified atom stereocenters. The van der Waals surface area contributed by atoms with Gasteiger partial charge < -0.3 is 19.9 Å². The molecule has 0 radical (unpaired) electrons. The zero-order chi connectivity index (χ0) is 28.5. The number of ether oxygens (including phenoxy) is 2. The number of fused-ring (bicyclic) bond motifs is 1. The monoisotopic (exact) mass is 571 g/mol. The van der Waals surface area contributed by atoms with Crippen LogP contribution in [0, 0.1) is 6.92 Å². The fourth-order valence-corrected chi connectivity index (χ4v) is 6.40. The molecule has 0 saturated heterocycles. The predicted octanol–water partition coefficient (Wildman–Crippen LogP) is 6.88. The zero-order valence-electron chi connectivity index (χ0n) is 23.4. The fourth-order valence-electron chi connectivity index (χ4n) is 5.42. The van der Waals surface area contributed by atoms with E-state index in [0.717, 1.165) is 75.2 Å². The van der Waals surface area contributed by atoms with Crippen molar-refractivity contribution in [2.45, 2.75) is 62.3 Å². The number of methoxy groups -OCH3 is 2. The molecule has 0 aliphatic heterocycles. The van der Waals surface area contributed by atoms with E-state index in [-0.39, 0.29) is 6.01 Å². The van der Waals surface area contributed by atoms with Crippen molar-refractivity contribution in [1.82, 2.24) is 19.7 Å². The van der Waals surface area contributed by atoms with Crippen molar-refractivity contribution in [1.29, 1.82) is 0 Å². The van der Waals surface area contributed by atoms with Crippen LogP contribution in [0.25, 0.3) is 22.0 Å². The number of aromatic carboxylic acids is 1. The number of benzene rings is 2. The van der Waals surface area contributed by atoms with Gasteiger partial charge in [-0.2, -0.15) is 4.98 Å². The first-order valence-corrected chi connectivity index (χ1v) is 14.7. The molecule has 9 nitrogen and oxygen atoms in total. The van der Waals surface area contributed by atoms with E-state index in [4.69, 9.17) is 14.5 Å². The van der Waals surface area contributed by atoms with Gasteiger partial charge in [0.25, 0.3) is 0 Å². The van der Waals surface area contributed by atoms with Gasteiger partial charge in [0.2, 0.25) is 5.88 Å². The molecule has 0 atom stereocenters. The molecule has 2 heterocycles. The Morgan fingerprint density at radius 2 is 1.83 bits per heavy atom. The van der Waals surface area contributed by atoms with Crippen molar-refractivity contribution in [3.05, 3.63) is 59.4 Å². The Labute approximate surface area is 243 Å². The second-order valence-corrected chi connectivity index (χ2v) is 11.5. The van der Waals surface area contributed by atoms with Crippen LogP contribution < -0.4 is 19.5 Å². The van der Waals surface area contributed by atoms with E-state index in [1.807, 2.05) is 31.2 Å². The van der Waals surface area contributed by atoms with Gasteiger partial charge in [-0.05, 0) is 85.9 Å². The first kappa shape index (κ1) is 27.3. The number of hydrogen-bond acceptors (Lipinski definition) is 9. The highest BCUT2D eigenvalue weighted by molar-refractivity contribution is 7.97. The molecule has 0 bridgehead atoms. The number of aryl methyl sites for hydroxylation is 1. The Balaban J connectivity index is 1.46. The number of hydrogen-bond donors (Lipinski definition) is 3. The molecule has 0 amide bonds. The summed E-state index contributed by atoms with van der Waals surface area (Å²) in [6.07, 6.45) is 8.55. The summed E-state index contributed by atoms with van der Waals surface area (Å²) in [7, 11) is 3.08. The third-order valence-corrected chi connectivity index (χ3v) is 8.89. The summed E-state index contributed by atoms with van der Waals surface area (Å²) in [5.74, 6) is -0.119. The number of rotatable bonds is 10. The molecule has 2 aliphatic rings. The largest absolute Gasteiger partial charge is 0.480 e. The molecule has 2 aromatic heterocycles. The van der Waals surface area contributed by atoms with Crippen molar-refractivity contribution >= 4 is 40.2 Å². The van der Waals surface area contributed by atoms with Crippen LogP contribution in [0.3, 0.4) is 0 Å². The van der Waals surface area contributed by atoms with E-state index < -0.39 is 5.97 Å². The Morgan fingerprint density at radius 1 is 1.02 bits per heavy atom. The van der Waals surface area contributed by atoms with Crippen molar-refractivity contribution in [3.8, 4) is 23.0 Å². The second-order valence-electron chi connectivity index (χ2n) is 10.7. The SMILES string of the molecule is COc1ncc(-c2ccc3c(Nc4cc(C(=O)O)cc(C5CCCC5)c4)c(SNC4CC4)c(C)nc3c2)c(OC)n1. The van der Waals surface area contributed by atoms with Crippen LogP contribution in [-0.2, 0) is 0 Å². The number of aromatic nitrogens is 3. The minimum absolute atomic E-state index is 0.234. The van der Waals surface area contributed by atoms with Crippen LogP contribution in [0.1, 0.15) is 66.1 Å². The Hall–Kier alpha value is -3.89. The van der Waals surface area contributed by atoms with Crippen molar-refractivity contribution < 1.29 is 19.4 Å². The van der Waals surface area contributed by atoms with Gasteiger partial charge in [0.1, 0.15) is 0 Å². The van der Waals surface area contributed by atoms with Gasteiger partial charge in [-0.1, -0.05) is 25.0 Å². The van der Waals surface area contributed by atoms with Gasteiger partial charge in [0.05, 0.1) is 47.1 Å². The molecule has 2 aromatic carbocycles. The first-order chi connectivity index (χ1) is 19.9. The number of anilines is 2. The van der Waals surface area contributed by atoms with E-state index in [1.165, 1.54) is 20.0 Å². The number of pyridine rings is 1. The van der Waals surface area contributed by atoms with Gasteiger partial charge in [-0.15, -0.1) is 0 Å². The molecule has 4 aromatic rings. The Bertz CT molecular complexity index is 1620. The number of carboxylic acid groups (broad SMARTS) is 1. The highest BCUT2D eigenvalue weighted by Gasteiger charge is 2.24. The van der Waals surface area contributed by atoms with Crippen LogP contribution >= 0.6 is 11.9 Å². The lowest BCUT2D eigenvalue weighted by Crippen LogP contribution is -2.08. The number of carboxylic acids is 1. The second kappa shape index (κ2) is 11.5. The van der Waals surface area contributed by atoms with Gasteiger partial charge in [0, 0.05) is 23.3 Å². The minimum atomic E-state index is -0.922. The van der Waals surface area contributed by atoms with E-state index in [2.05, 4.69) is 26.1 Å². The van der Waals surface area contributed by atoms with Crippen LogP contribution in [0.5, 0.6) is 11.9 Å². The quantitative estimate of drug-likeness (QED) is 0.174. The average molecular weight is 572 g/mol. The smallest absolute Gasteiger partial charge is 0.335 e. The third-order valence-electron chi connectivity index (χ3n) is 7.73. The van der Waals surface area contributed by atoms with E-state index in [9.17, 15) is 9.90 Å². The molecular weight excluding hydrogens is 538 g/mol. The Kier molecular flexibility index (Phi) is 7.68. The summed E-state index contributed by atoms with van der Waals surface area (Å²) in [5.41, 5.74) is 6.30. The maximum Gasteiger partial charge on any atom is 0.335 e. The lowest BCUT2D eigenvalue weighted by atomic mass is 9.95. The van der Waals surface area contributed by atoms with Gasteiger partial charge in [-0.3, -0.25) is 9.71 Å². The summed E-state index contributed by atoms with van der Waals surface area (Å²) >= 11 is 1.58. The van der Waals surface area contributed by atoms with E-state index in [1.54, 1.807) is 31.3 Å². The maximum atomic E-state index is 12.1. The normalized spacial score (nSPS) is 15.3. The summed E-state index contributed by atoms with van der Waals surface area (Å²) < 4.78 is 14.2. The number of carbonyl (C=O) groups is 1. The summed E-state index contributed by atoms with van der Waals surface area (Å²) in [6.45, 7) is 2.00. The zero-order valence-corrected chi connectivity index (χ0v) is 24.2. The van der Waals surface area contributed by atoms with Gasteiger partial charge in [0.15, 0.2) is 0 Å². The minimum Gasteiger partial charge on any atom is -0.480 e. The predicted molar refractivity (Wildman–Crippen MR) is 161 cm³/mol. The molecular formula is C31H33N5O4S. The molecule has 0 spiro atoms. The number of nitrogens with one attached hydrogen (secondary N) is 2. The standard InChI is InChI=1S/C31H33N5O4S/c1-17-28(41-36-22-9-10-22)27(34-23-13-20(18-6-4-5-7-18)12-21(14-23)30(37)38)24-11-8-19(15-26(24)33-17)25-16-32-31(40-3)35-29(25)39-2/h8,11-16,18,22,36H,4-7,9-10H2,1-3H3,(H,33,34)(H,37,38). The summed E-state index contributed by atoms with van der Waals surface area (Å²) in [6, 6.07) is 12.4. The molecule has 2 saturated carbocycles. The van der Waals surface area contributed by atoms with Gasteiger partial charge in [-0.25, -0.2) is 9.78 Å². The molecule has 3 N–H and O–H groups in total. The van der Waals surface area contributed by atoms with E-state index in [0.29, 0.717) is 23.4 Å². The van der Waals surface area contributed by atoms with Crippen LogP contribution in [0.4, 0.5) is 11.4 Å². The first-order valence-electron chi connectivity index (χ1n) is 13.9. The van der Waals surface area contributed by atoms with Crippen molar-refractivity contribution in [3.63, 3.8) is 0 Å². The third kappa shape index (κ3) is 5.80. The van der Waals surface area contributed by atoms with Crippen molar-refractivity contribution in [2.24, 2.45) is 0 Å². The topological polar surface area (TPSA) is 118 Å². The molecule has 2 aliphatic carbocycles. The fraction of sp³-hybridized carbons (Fsp3) is 0.355. The van der Waals surface area contributed by atoms with Crippen LogP contribution in [-0.4, -0.2) is 46.3 Å². The molecule has 41 heavy (non-hydrogen) atoms. The highest BCUT2D eigenvalue weighted by atomic mass is 32.2. The van der Waals surface area contributed by atoms with E-state index >= 15 is 0 Å². The average Bonchev–Trinajstić information content (AvgIpc) is 3.65. The van der Waals surface area contributed by atoms with Gasteiger partial charge >= 0.3 is 12.0 Å².